The molecule has 0 amide bonds. The number of aliphatic hydroxyl groups is 1. The minimum atomic E-state index is -3.52. The molecule has 2 rings (SSSR count). The first-order chi connectivity index (χ1) is 10.3. The Morgan fingerprint density at radius 3 is 2.50 bits per heavy atom. The second-order valence-corrected chi connectivity index (χ2v) is 7.99. The molecule has 1 aromatic carbocycles. The predicted octanol–water partition coefficient (Wildman–Crippen LogP) is 3.10. The van der Waals surface area contributed by atoms with E-state index in [0.29, 0.717) is 22.0 Å². The zero-order valence-corrected chi connectivity index (χ0v) is 13.9. The Morgan fingerprint density at radius 2 is 1.91 bits per heavy atom. The molecule has 0 saturated carbocycles. The second kappa shape index (κ2) is 6.81. The highest BCUT2D eigenvalue weighted by molar-refractivity contribution is 7.90. The Labute approximate surface area is 134 Å². The number of rotatable bonds is 6. The molecule has 0 saturated heterocycles. The molecule has 0 radical (unpaired) electrons. The summed E-state index contributed by atoms with van der Waals surface area (Å²) in [5.41, 5.74) is 0.913. The highest BCUT2D eigenvalue weighted by atomic mass is 35.5. The van der Waals surface area contributed by atoms with Gasteiger partial charge in [0.05, 0.1) is 23.3 Å². The van der Waals surface area contributed by atoms with Gasteiger partial charge >= 0.3 is 0 Å². The van der Waals surface area contributed by atoms with E-state index in [-0.39, 0.29) is 17.4 Å². The number of aliphatic hydroxyl groups excluding tert-OH is 1. The van der Waals surface area contributed by atoms with Crippen LogP contribution in [-0.4, -0.2) is 24.3 Å². The number of aromatic nitrogens is 1. The van der Waals surface area contributed by atoms with Crippen LogP contribution in [0.1, 0.15) is 42.9 Å². The summed E-state index contributed by atoms with van der Waals surface area (Å²) in [5.74, 6) is -0.0146. The van der Waals surface area contributed by atoms with Gasteiger partial charge < -0.3 is 9.52 Å². The van der Waals surface area contributed by atoms with Crippen LogP contribution in [0.15, 0.2) is 35.1 Å². The molecule has 0 fully saturated rings. The Kier molecular flexibility index (Phi) is 5.26. The maximum absolute atomic E-state index is 12.3. The van der Waals surface area contributed by atoms with Crippen LogP contribution in [0.2, 0.25) is 5.02 Å². The average molecular weight is 344 g/mol. The molecule has 1 unspecified atom stereocenters. The fourth-order valence-electron chi connectivity index (χ4n) is 2.15. The molecule has 5 nitrogen and oxygen atoms in total. The van der Waals surface area contributed by atoms with Crippen LogP contribution in [0, 0.1) is 0 Å². The number of nitrogens with zero attached hydrogens (tertiary/aromatic N) is 1. The molecule has 0 spiro atoms. The third-order valence-corrected chi connectivity index (χ3v) is 5.01. The predicted molar refractivity (Wildman–Crippen MR) is 84.5 cm³/mol. The quantitative estimate of drug-likeness (QED) is 0.871. The van der Waals surface area contributed by atoms with Gasteiger partial charge in [0.1, 0.15) is 5.76 Å². The number of hydrogen-bond donors (Lipinski definition) is 1. The number of halogens is 1. The van der Waals surface area contributed by atoms with E-state index >= 15 is 0 Å². The Morgan fingerprint density at radius 1 is 1.27 bits per heavy atom. The van der Waals surface area contributed by atoms with Gasteiger partial charge in [-0.05, 0) is 17.7 Å². The van der Waals surface area contributed by atoms with Crippen LogP contribution >= 0.6 is 11.6 Å². The average Bonchev–Trinajstić information content (AvgIpc) is 2.86. The van der Waals surface area contributed by atoms with E-state index in [1.165, 1.54) is 6.39 Å². The van der Waals surface area contributed by atoms with Gasteiger partial charge in [0.15, 0.2) is 16.2 Å². The zero-order chi connectivity index (χ0) is 16.3. The molecule has 0 aliphatic rings. The first-order valence-electron chi connectivity index (χ1n) is 6.84. The molecule has 1 aromatic heterocycles. The second-order valence-electron chi connectivity index (χ2n) is 5.44. The van der Waals surface area contributed by atoms with E-state index in [2.05, 4.69) is 4.98 Å². The summed E-state index contributed by atoms with van der Waals surface area (Å²) in [6.45, 7) is 3.80. The summed E-state index contributed by atoms with van der Waals surface area (Å²) >= 11 is 5.77. The fraction of sp³-hybridized carbons (Fsp3) is 0.400. The normalized spacial score (nSPS) is 13.5. The maximum atomic E-state index is 12.3. The number of benzene rings is 1. The van der Waals surface area contributed by atoms with Crippen molar-refractivity contribution in [2.75, 3.05) is 5.75 Å². The Bertz CT molecular complexity index is 722. The van der Waals surface area contributed by atoms with Gasteiger partial charge in [-0.15, -0.1) is 0 Å². The lowest BCUT2D eigenvalue weighted by Crippen LogP contribution is -2.17. The molecule has 2 aromatic rings. The summed E-state index contributed by atoms with van der Waals surface area (Å²) in [7, 11) is -3.52. The summed E-state index contributed by atoms with van der Waals surface area (Å²) in [4.78, 5) is 3.97. The van der Waals surface area contributed by atoms with Crippen molar-refractivity contribution in [3.8, 4) is 0 Å². The van der Waals surface area contributed by atoms with Crippen molar-refractivity contribution in [2.24, 2.45) is 0 Å². The first-order valence-corrected chi connectivity index (χ1v) is 9.04. The van der Waals surface area contributed by atoms with Crippen molar-refractivity contribution in [2.45, 2.75) is 31.6 Å². The summed E-state index contributed by atoms with van der Waals surface area (Å²) in [6, 6.07) is 6.44. The summed E-state index contributed by atoms with van der Waals surface area (Å²) < 4.78 is 29.7. The zero-order valence-electron chi connectivity index (χ0n) is 12.4. The van der Waals surface area contributed by atoms with Gasteiger partial charge in [0, 0.05) is 10.9 Å². The van der Waals surface area contributed by atoms with Gasteiger partial charge in [-0.2, -0.15) is 0 Å². The van der Waals surface area contributed by atoms with Gasteiger partial charge in [-0.1, -0.05) is 37.6 Å². The lowest BCUT2D eigenvalue weighted by molar-refractivity contribution is 0.201. The van der Waals surface area contributed by atoms with E-state index in [0.717, 1.165) is 0 Å². The summed E-state index contributed by atoms with van der Waals surface area (Å²) in [5, 5.41) is 10.6. The third kappa shape index (κ3) is 4.32. The third-order valence-electron chi connectivity index (χ3n) is 3.22. The lowest BCUT2D eigenvalue weighted by atomic mass is 10.1. The Balaban J connectivity index is 2.10. The fourth-order valence-corrected chi connectivity index (χ4v) is 3.70. The highest BCUT2D eigenvalue weighted by Crippen LogP contribution is 2.23. The largest absolute Gasteiger partial charge is 0.448 e. The van der Waals surface area contributed by atoms with Gasteiger partial charge in [-0.25, -0.2) is 13.4 Å². The first kappa shape index (κ1) is 17.0. The van der Waals surface area contributed by atoms with Crippen molar-refractivity contribution in [1.29, 1.82) is 0 Å². The van der Waals surface area contributed by atoms with E-state index in [1.807, 2.05) is 13.8 Å². The molecule has 1 N–H and O–H groups in total. The smallest absolute Gasteiger partial charge is 0.181 e. The van der Waals surface area contributed by atoms with Crippen LogP contribution in [0.3, 0.4) is 0 Å². The monoisotopic (exact) mass is 343 g/mol. The Hall–Kier alpha value is -1.37. The molecule has 0 aliphatic heterocycles. The van der Waals surface area contributed by atoms with Crippen LogP contribution in [-0.2, 0) is 15.6 Å². The SMILES string of the molecule is CC(C)c1ocnc1CS(=O)(=O)CC(O)c1ccc(Cl)cc1. The molecule has 1 heterocycles. The van der Waals surface area contributed by atoms with Crippen LogP contribution in [0.5, 0.6) is 0 Å². The van der Waals surface area contributed by atoms with Crippen molar-refractivity contribution < 1.29 is 17.9 Å². The van der Waals surface area contributed by atoms with Gasteiger partial charge in [0.25, 0.3) is 0 Å². The summed E-state index contributed by atoms with van der Waals surface area (Å²) in [6.07, 6.45) is 0.146. The molecule has 22 heavy (non-hydrogen) atoms. The molecular formula is C15H18ClNO4S. The molecule has 120 valence electrons. The molecule has 0 bridgehead atoms. The molecular weight excluding hydrogens is 326 g/mol. The molecule has 7 heteroatoms. The van der Waals surface area contributed by atoms with Crippen LogP contribution < -0.4 is 0 Å². The minimum absolute atomic E-state index is 0.0499. The van der Waals surface area contributed by atoms with E-state index < -0.39 is 15.9 Å². The molecule has 1 atom stereocenters. The number of sulfone groups is 1. The standard InChI is InChI=1S/C15H18ClNO4S/c1-10(2)15-13(17-9-21-15)7-22(19,20)8-14(18)11-3-5-12(16)6-4-11/h3-6,9-10,14,18H,7-8H2,1-2H3. The van der Waals surface area contributed by atoms with Crippen LogP contribution in [0.4, 0.5) is 0 Å². The maximum Gasteiger partial charge on any atom is 0.181 e. The molecule has 0 aliphatic carbocycles. The van der Waals surface area contributed by atoms with E-state index in [4.69, 9.17) is 16.0 Å². The van der Waals surface area contributed by atoms with Crippen molar-refractivity contribution in [1.82, 2.24) is 4.98 Å². The van der Waals surface area contributed by atoms with Crippen molar-refractivity contribution in [3.63, 3.8) is 0 Å². The number of hydrogen-bond acceptors (Lipinski definition) is 5. The lowest BCUT2D eigenvalue weighted by Gasteiger charge is -2.12. The van der Waals surface area contributed by atoms with Crippen molar-refractivity contribution >= 4 is 21.4 Å². The van der Waals surface area contributed by atoms with Crippen LogP contribution in [0.25, 0.3) is 0 Å². The van der Waals surface area contributed by atoms with E-state index in [1.54, 1.807) is 24.3 Å². The van der Waals surface area contributed by atoms with E-state index in [9.17, 15) is 13.5 Å². The minimum Gasteiger partial charge on any atom is -0.448 e. The van der Waals surface area contributed by atoms with Gasteiger partial charge in [-0.3, -0.25) is 0 Å². The van der Waals surface area contributed by atoms with Gasteiger partial charge in [0.2, 0.25) is 0 Å². The number of oxazole rings is 1. The highest BCUT2D eigenvalue weighted by Gasteiger charge is 2.23. The van der Waals surface area contributed by atoms with Crippen molar-refractivity contribution in [3.05, 3.63) is 52.7 Å². The topological polar surface area (TPSA) is 80.4 Å².